The Hall–Kier alpha value is -1.68. The number of rotatable bonds is 4. The van der Waals surface area contributed by atoms with Gasteiger partial charge in [-0.15, -0.1) is 0 Å². The molecule has 0 bridgehead atoms. The average molecular weight is 231 g/mol. The molecule has 0 radical (unpaired) electrons. The summed E-state index contributed by atoms with van der Waals surface area (Å²) in [6.45, 7) is 3.40. The number of hydrogen-bond acceptors (Lipinski definition) is 3. The summed E-state index contributed by atoms with van der Waals surface area (Å²) in [4.78, 5) is 16.4. The van der Waals surface area contributed by atoms with Gasteiger partial charge in [0, 0.05) is 6.54 Å². The molecular formula is C13H17N3O. The number of nitrogens with zero attached hydrogens (tertiary/aromatic N) is 2. The van der Waals surface area contributed by atoms with Gasteiger partial charge in [0.2, 0.25) is 0 Å². The van der Waals surface area contributed by atoms with Crippen LogP contribution in [0.4, 0.5) is 0 Å². The van der Waals surface area contributed by atoms with Crippen LogP contribution in [-0.4, -0.2) is 23.1 Å². The van der Waals surface area contributed by atoms with Crippen LogP contribution in [0.5, 0.6) is 0 Å². The molecular weight excluding hydrogens is 214 g/mol. The highest BCUT2D eigenvalue weighted by molar-refractivity contribution is 5.74. The van der Waals surface area contributed by atoms with E-state index in [0.717, 1.165) is 30.5 Å². The van der Waals surface area contributed by atoms with Crippen LogP contribution in [0, 0.1) is 6.92 Å². The lowest BCUT2D eigenvalue weighted by Crippen LogP contribution is -2.25. The van der Waals surface area contributed by atoms with E-state index < -0.39 is 0 Å². The predicted molar refractivity (Wildman–Crippen MR) is 69.3 cm³/mol. The third kappa shape index (κ3) is 2.36. The maximum absolute atomic E-state index is 12.1. The number of aryl methyl sites for hydroxylation is 2. The molecule has 0 atom stereocenters. The third-order valence-electron chi connectivity index (χ3n) is 2.82. The fourth-order valence-corrected chi connectivity index (χ4v) is 1.96. The van der Waals surface area contributed by atoms with E-state index >= 15 is 0 Å². The Labute approximate surface area is 100 Å². The number of hydrogen-bond donors (Lipinski definition) is 1. The summed E-state index contributed by atoms with van der Waals surface area (Å²) in [6, 6.07) is 7.77. The van der Waals surface area contributed by atoms with Gasteiger partial charge in [0.1, 0.15) is 5.69 Å². The highest BCUT2D eigenvalue weighted by atomic mass is 16.1. The van der Waals surface area contributed by atoms with Crippen LogP contribution in [0.25, 0.3) is 11.0 Å². The number of nitrogens with one attached hydrogen (secondary N) is 1. The Morgan fingerprint density at radius 3 is 2.88 bits per heavy atom. The molecule has 0 aliphatic carbocycles. The van der Waals surface area contributed by atoms with E-state index in [1.807, 2.05) is 35.9 Å². The molecule has 0 aliphatic rings. The average Bonchev–Trinajstić information content (AvgIpc) is 2.34. The lowest BCUT2D eigenvalue weighted by Gasteiger charge is -2.10. The monoisotopic (exact) mass is 231 g/mol. The standard InChI is InChI=1S/C13H17N3O/c1-10-13(17)16(9-5-8-14-2)12-7-4-3-6-11(12)15-10/h3-4,6-7,14H,5,8-9H2,1-2H3. The minimum absolute atomic E-state index is 0.0137. The molecule has 2 rings (SSSR count). The van der Waals surface area contributed by atoms with Crippen molar-refractivity contribution in [2.45, 2.75) is 19.9 Å². The fourth-order valence-electron chi connectivity index (χ4n) is 1.96. The van der Waals surface area contributed by atoms with Gasteiger partial charge in [-0.3, -0.25) is 4.79 Å². The molecule has 0 saturated carbocycles. The van der Waals surface area contributed by atoms with Gasteiger partial charge in [0.05, 0.1) is 11.0 Å². The van der Waals surface area contributed by atoms with Gasteiger partial charge in [-0.1, -0.05) is 12.1 Å². The van der Waals surface area contributed by atoms with Gasteiger partial charge in [0.25, 0.3) is 5.56 Å². The maximum atomic E-state index is 12.1. The van der Waals surface area contributed by atoms with Gasteiger partial charge in [-0.05, 0) is 39.1 Å². The molecule has 0 saturated heterocycles. The van der Waals surface area contributed by atoms with E-state index in [9.17, 15) is 4.79 Å². The van der Waals surface area contributed by atoms with E-state index in [0.29, 0.717) is 5.69 Å². The largest absolute Gasteiger partial charge is 0.320 e. The van der Waals surface area contributed by atoms with E-state index in [-0.39, 0.29) is 5.56 Å². The number of para-hydroxylation sites is 2. The van der Waals surface area contributed by atoms with Crippen molar-refractivity contribution in [3.8, 4) is 0 Å². The van der Waals surface area contributed by atoms with Gasteiger partial charge < -0.3 is 9.88 Å². The Morgan fingerprint density at radius 1 is 1.35 bits per heavy atom. The van der Waals surface area contributed by atoms with Crippen LogP contribution in [0.3, 0.4) is 0 Å². The normalized spacial score (nSPS) is 10.9. The number of benzene rings is 1. The zero-order chi connectivity index (χ0) is 12.3. The van der Waals surface area contributed by atoms with Crippen molar-refractivity contribution in [2.24, 2.45) is 0 Å². The van der Waals surface area contributed by atoms with Gasteiger partial charge in [0.15, 0.2) is 0 Å². The third-order valence-corrected chi connectivity index (χ3v) is 2.82. The molecule has 1 aromatic heterocycles. The summed E-state index contributed by atoms with van der Waals surface area (Å²) >= 11 is 0. The van der Waals surface area contributed by atoms with Crippen LogP contribution < -0.4 is 10.9 Å². The summed E-state index contributed by atoms with van der Waals surface area (Å²) in [7, 11) is 1.92. The first-order valence-electron chi connectivity index (χ1n) is 5.85. The molecule has 4 heteroatoms. The molecule has 0 aliphatic heterocycles. The molecule has 90 valence electrons. The van der Waals surface area contributed by atoms with Crippen LogP contribution >= 0.6 is 0 Å². The summed E-state index contributed by atoms with van der Waals surface area (Å²) in [5, 5.41) is 3.09. The van der Waals surface area contributed by atoms with Crippen molar-refractivity contribution in [2.75, 3.05) is 13.6 Å². The SMILES string of the molecule is CNCCCn1c(=O)c(C)nc2ccccc21. The Kier molecular flexibility index (Phi) is 3.54. The van der Waals surface area contributed by atoms with Crippen molar-refractivity contribution >= 4 is 11.0 Å². The Morgan fingerprint density at radius 2 is 2.12 bits per heavy atom. The van der Waals surface area contributed by atoms with E-state index in [1.54, 1.807) is 6.92 Å². The second kappa shape index (κ2) is 5.10. The van der Waals surface area contributed by atoms with E-state index in [2.05, 4.69) is 10.3 Å². The quantitative estimate of drug-likeness (QED) is 0.807. The van der Waals surface area contributed by atoms with Gasteiger partial charge in [-0.25, -0.2) is 4.98 Å². The van der Waals surface area contributed by atoms with Crippen molar-refractivity contribution in [3.63, 3.8) is 0 Å². The van der Waals surface area contributed by atoms with E-state index in [1.165, 1.54) is 0 Å². The molecule has 0 amide bonds. The van der Waals surface area contributed by atoms with Crippen molar-refractivity contribution in [3.05, 3.63) is 40.3 Å². The summed E-state index contributed by atoms with van der Waals surface area (Å²) < 4.78 is 1.81. The second-order valence-electron chi connectivity index (χ2n) is 4.10. The Bertz CT molecular complexity index is 574. The first-order valence-corrected chi connectivity index (χ1v) is 5.85. The van der Waals surface area contributed by atoms with Crippen LogP contribution in [-0.2, 0) is 6.54 Å². The second-order valence-corrected chi connectivity index (χ2v) is 4.10. The van der Waals surface area contributed by atoms with Crippen LogP contribution in [0.2, 0.25) is 0 Å². The van der Waals surface area contributed by atoms with Crippen molar-refractivity contribution < 1.29 is 0 Å². The molecule has 1 aromatic carbocycles. The van der Waals surface area contributed by atoms with Crippen molar-refractivity contribution in [1.29, 1.82) is 0 Å². The minimum atomic E-state index is 0.0137. The molecule has 0 spiro atoms. The molecule has 1 heterocycles. The van der Waals surface area contributed by atoms with Crippen LogP contribution in [0.15, 0.2) is 29.1 Å². The molecule has 2 aromatic rings. The van der Waals surface area contributed by atoms with E-state index in [4.69, 9.17) is 0 Å². The fraction of sp³-hybridized carbons (Fsp3) is 0.385. The predicted octanol–water partition coefficient (Wildman–Crippen LogP) is 1.31. The number of fused-ring (bicyclic) bond motifs is 1. The molecule has 17 heavy (non-hydrogen) atoms. The van der Waals surface area contributed by atoms with Crippen LogP contribution in [0.1, 0.15) is 12.1 Å². The summed E-state index contributed by atoms with van der Waals surface area (Å²) in [5.41, 5.74) is 2.38. The first kappa shape index (κ1) is 11.8. The molecule has 0 fully saturated rings. The van der Waals surface area contributed by atoms with Crippen molar-refractivity contribution in [1.82, 2.24) is 14.9 Å². The summed E-state index contributed by atoms with van der Waals surface area (Å²) in [6.07, 6.45) is 0.934. The lowest BCUT2D eigenvalue weighted by molar-refractivity contribution is 0.608. The van der Waals surface area contributed by atoms with Gasteiger partial charge >= 0.3 is 0 Å². The zero-order valence-electron chi connectivity index (χ0n) is 10.2. The first-order chi connectivity index (χ1) is 8.24. The number of aromatic nitrogens is 2. The molecule has 4 nitrogen and oxygen atoms in total. The lowest BCUT2D eigenvalue weighted by atomic mass is 10.2. The highest BCUT2D eigenvalue weighted by Gasteiger charge is 2.06. The Balaban J connectivity index is 2.50. The smallest absolute Gasteiger partial charge is 0.272 e. The zero-order valence-corrected chi connectivity index (χ0v) is 10.2. The highest BCUT2D eigenvalue weighted by Crippen LogP contribution is 2.09. The molecule has 1 N–H and O–H groups in total. The maximum Gasteiger partial charge on any atom is 0.272 e. The topological polar surface area (TPSA) is 46.9 Å². The minimum Gasteiger partial charge on any atom is -0.320 e. The molecule has 0 unspecified atom stereocenters. The summed E-state index contributed by atoms with van der Waals surface area (Å²) in [5.74, 6) is 0. The van der Waals surface area contributed by atoms with Gasteiger partial charge in [-0.2, -0.15) is 0 Å².